The van der Waals surface area contributed by atoms with E-state index in [4.69, 9.17) is 9.72 Å². The maximum atomic E-state index is 15.4. The molecule has 4 heterocycles. The fraction of sp³-hybridized carbons (Fsp3) is 0.219. The van der Waals surface area contributed by atoms with E-state index in [1.54, 1.807) is 6.20 Å². The van der Waals surface area contributed by atoms with E-state index in [2.05, 4.69) is 51.4 Å². The van der Waals surface area contributed by atoms with Crippen molar-refractivity contribution < 1.29 is 13.5 Å². The largest absolute Gasteiger partial charge is 0.378 e. The van der Waals surface area contributed by atoms with Gasteiger partial charge in [0.25, 0.3) is 0 Å². The lowest BCUT2D eigenvalue weighted by atomic mass is 10.0. The van der Waals surface area contributed by atoms with Gasteiger partial charge in [0.1, 0.15) is 17.5 Å². The van der Waals surface area contributed by atoms with E-state index < -0.39 is 11.6 Å². The highest BCUT2D eigenvalue weighted by molar-refractivity contribution is 5.99. The van der Waals surface area contributed by atoms with E-state index in [1.165, 1.54) is 11.6 Å². The van der Waals surface area contributed by atoms with Crippen LogP contribution < -0.4 is 10.2 Å². The van der Waals surface area contributed by atoms with Crippen molar-refractivity contribution in [2.45, 2.75) is 20.3 Å². The second-order valence-electron chi connectivity index (χ2n) is 9.82. The number of anilines is 3. The van der Waals surface area contributed by atoms with Crippen LogP contribution in [-0.4, -0.2) is 41.3 Å². The summed E-state index contributed by atoms with van der Waals surface area (Å²) >= 11 is 0. The van der Waals surface area contributed by atoms with Crippen molar-refractivity contribution in [1.29, 1.82) is 0 Å². The highest BCUT2D eigenvalue weighted by atomic mass is 19.1. The summed E-state index contributed by atoms with van der Waals surface area (Å²) in [5.74, 6) is -0.571. The van der Waals surface area contributed by atoms with E-state index in [0.29, 0.717) is 35.9 Å². The monoisotopic (exact) mass is 537 g/mol. The molecule has 6 nitrogen and oxygen atoms in total. The Labute approximate surface area is 231 Å². The third-order valence-corrected chi connectivity index (χ3v) is 7.31. The van der Waals surface area contributed by atoms with Crippen molar-refractivity contribution in [3.63, 3.8) is 0 Å². The first-order chi connectivity index (χ1) is 19.5. The van der Waals surface area contributed by atoms with Crippen LogP contribution in [0.2, 0.25) is 0 Å². The molecule has 1 saturated heterocycles. The number of aryl methyl sites for hydroxylation is 1. The molecule has 5 aromatic rings. The first kappa shape index (κ1) is 25.8. The Bertz CT molecular complexity index is 1670. The molecule has 0 atom stereocenters. The van der Waals surface area contributed by atoms with E-state index in [9.17, 15) is 4.39 Å². The number of pyridine rings is 3. The number of benzene rings is 2. The van der Waals surface area contributed by atoms with Gasteiger partial charge in [-0.25, -0.2) is 18.7 Å². The zero-order chi connectivity index (χ0) is 27.6. The zero-order valence-corrected chi connectivity index (χ0v) is 22.4. The minimum absolute atomic E-state index is 0.211. The van der Waals surface area contributed by atoms with Crippen molar-refractivity contribution >= 4 is 28.1 Å². The summed E-state index contributed by atoms with van der Waals surface area (Å²) < 4.78 is 35.3. The fourth-order valence-electron chi connectivity index (χ4n) is 5.11. The first-order valence-electron chi connectivity index (χ1n) is 13.4. The maximum absolute atomic E-state index is 15.4. The quantitative estimate of drug-likeness (QED) is 0.250. The Kier molecular flexibility index (Phi) is 7.09. The number of rotatable bonds is 6. The van der Waals surface area contributed by atoms with Crippen molar-refractivity contribution in [1.82, 2.24) is 15.0 Å². The van der Waals surface area contributed by atoms with Gasteiger partial charge < -0.3 is 15.0 Å². The summed E-state index contributed by atoms with van der Waals surface area (Å²) in [7, 11) is 0. The Morgan fingerprint density at radius 3 is 2.50 bits per heavy atom. The number of nitrogens with one attached hydrogen (secondary N) is 1. The van der Waals surface area contributed by atoms with Gasteiger partial charge in [-0.2, -0.15) is 0 Å². The van der Waals surface area contributed by atoms with Crippen molar-refractivity contribution in [3.05, 3.63) is 95.8 Å². The summed E-state index contributed by atoms with van der Waals surface area (Å²) in [6.07, 6.45) is 4.46. The molecule has 40 heavy (non-hydrogen) atoms. The van der Waals surface area contributed by atoms with Crippen molar-refractivity contribution in [2.24, 2.45) is 0 Å². The second kappa shape index (κ2) is 11.0. The number of halogens is 2. The lowest BCUT2D eigenvalue weighted by molar-refractivity contribution is 0.122. The molecule has 0 saturated carbocycles. The minimum Gasteiger partial charge on any atom is -0.378 e. The Balaban J connectivity index is 1.55. The van der Waals surface area contributed by atoms with Crippen LogP contribution in [0.25, 0.3) is 33.4 Å². The van der Waals surface area contributed by atoms with Crippen LogP contribution in [0.1, 0.15) is 18.1 Å². The van der Waals surface area contributed by atoms with Crippen LogP contribution in [-0.2, 0) is 11.2 Å². The average Bonchev–Trinajstić information content (AvgIpc) is 2.99. The number of hydrogen-bond donors (Lipinski definition) is 1. The molecule has 1 fully saturated rings. The summed E-state index contributed by atoms with van der Waals surface area (Å²) in [6, 6.07) is 18.0. The van der Waals surface area contributed by atoms with Crippen molar-refractivity contribution in [2.75, 3.05) is 36.5 Å². The molecule has 0 unspecified atom stereocenters. The van der Waals surface area contributed by atoms with Crippen LogP contribution >= 0.6 is 0 Å². The SMILES string of the molecule is CCc1ccc(-c2cnc(N3CCOCC3)cc2Nc2c(C)c(-c3ccccn3)nc3cc(F)cc(F)c23)cc1. The molecular formula is C32H29F2N5O. The van der Waals surface area contributed by atoms with Crippen LogP contribution in [0.15, 0.2) is 73.1 Å². The third kappa shape index (κ3) is 4.98. The van der Waals surface area contributed by atoms with Gasteiger partial charge in [0, 0.05) is 54.8 Å². The lowest BCUT2D eigenvalue weighted by Gasteiger charge is -2.28. The topological polar surface area (TPSA) is 63.2 Å². The second-order valence-corrected chi connectivity index (χ2v) is 9.82. The number of hydrogen-bond acceptors (Lipinski definition) is 6. The highest BCUT2D eigenvalue weighted by Gasteiger charge is 2.21. The average molecular weight is 538 g/mol. The van der Waals surface area contributed by atoms with Crippen LogP contribution in [0.3, 0.4) is 0 Å². The predicted molar refractivity (Wildman–Crippen MR) is 155 cm³/mol. The highest BCUT2D eigenvalue weighted by Crippen LogP contribution is 2.39. The predicted octanol–water partition coefficient (Wildman–Crippen LogP) is 7.09. The van der Waals surface area contributed by atoms with Gasteiger partial charge in [-0.05, 0) is 36.6 Å². The molecule has 202 valence electrons. The maximum Gasteiger partial charge on any atom is 0.137 e. The molecule has 1 aliphatic heterocycles. The molecule has 0 amide bonds. The van der Waals surface area contributed by atoms with Crippen molar-refractivity contribution in [3.8, 4) is 22.5 Å². The van der Waals surface area contributed by atoms with Gasteiger partial charge in [-0.1, -0.05) is 37.3 Å². The van der Waals surface area contributed by atoms with E-state index in [-0.39, 0.29) is 10.9 Å². The number of aromatic nitrogens is 3. The van der Waals surface area contributed by atoms with E-state index in [1.807, 2.05) is 37.4 Å². The zero-order valence-electron chi connectivity index (χ0n) is 22.4. The van der Waals surface area contributed by atoms with E-state index in [0.717, 1.165) is 48.2 Å². The first-order valence-corrected chi connectivity index (χ1v) is 13.4. The Morgan fingerprint density at radius 2 is 1.77 bits per heavy atom. The Morgan fingerprint density at radius 1 is 0.975 bits per heavy atom. The minimum atomic E-state index is -0.686. The standard InChI is InChI=1S/C32H29F2N5O/c1-3-21-7-9-22(10-8-21)24-19-36-29(39-12-14-40-15-13-39)18-27(24)37-32-20(2)31(26-6-4-5-11-35-26)38-28-17-23(33)16-25(34)30(28)32/h4-11,16-19H,3,12-15H2,1-2H3,(H,36,37,38). The van der Waals surface area contributed by atoms with Crippen LogP contribution in [0.5, 0.6) is 0 Å². The Hall–Kier alpha value is -4.43. The molecule has 1 aliphatic rings. The van der Waals surface area contributed by atoms with Crippen LogP contribution in [0.4, 0.5) is 26.0 Å². The van der Waals surface area contributed by atoms with Gasteiger partial charge in [-0.15, -0.1) is 0 Å². The molecule has 2 aromatic carbocycles. The van der Waals surface area contributed by atoms with Crippen LogP contribution in [0, 0.1) is 18.6 Å². The molecule has 1 N–H and O–H groups in total. The number of ether oxygens (including phenoxy) is 1. The summed E-state index contributed by atoms with van der Waals surface area (Å²) in [6.45, 7) is 6.71. The smallest absolute Gasteiger partial charge is 0.137 e. The molecule has 3 aromatic heterocycles. The van der Waals surface area contributed by atoms with Gasteiger partial charge in [0.2, 0.25) is 0 Å². The van der Waals surface area contributed by atoms with Gasteiger partial charge in [-0.3, -0.25) is 4.98 Å². The molecule has 6 rings (SSSR count). The summed E-state index contributed by atoms with van der Waals surface area (Å²) in [5.41, 5.74) is 6.43. The van der Waals surface area contributed by atoms with E-state index >= 15 is 4.39 Å². The summed E-state index contributed by atoms with van der Waals surface area (Å²) in [5, 5.41) is 3.75. The molecular weight excluding hydrogens is 508 g/mol. The summed E-state index contributed by atoms with van der Waals surface area (Å²) in [4.78, 5) is 16.1. The lowest BCUT2D eigenvalue weighted by Crippen LogP contribution is -2.36. The molecule has 0 aliphatic carbocycles. The molecule has 0 radical (unpaired) electrons. The van der Waals surface area contributed by atoms with Gasteiger partial charge in [0.15, 0.2) is 0 Å². The molecule has 0 spiro atoms. The fourth-order valence-corrected chi connectivity index (χ4v) is 5.11. The number of morpholine rings is 1. The number of fused-ring (bicyclic) bond motifs is 1. The van der Waals surface area contributed by atoms with Gasteiger partial charge >= 0.3 is 0 Å². The molecule has 0 bridgehead atoms. The molecule has 8 heteroatoms. The third-order valence-electron chi connectivity index (χ3n) is 7.31. The normalized spacial score (nSPS) is 13.6. The van der Waals surface area contributed by atoms with Gasteiger partial charge in [0.05, 0.1) is 46.9 Å². The number of nitrogens with zero attached hydrogens (tertiary/aromatic N) is 4.